The number of anilines is 1. The van der Waals surface area contributed by atoms with Gasteiger partial charge in [0.1, 0.15) is 9.96 Å². The van der Waals surface area contributed by atoms with Gasteiger partial charge >= 0.3 is 5.97 Å². The number of carboxylic acids is 1. The summed E-state index contributed by atoms with van der Waals surface area (Å²) in [6.07, 6.45) is 0. The molecule has 0 bridgehead atoms. The van der Waals surface area contributed by atoms with Gasteiger partial charge in [0.2, 0.25) is 0 Å². The molecule has 0 unspecified atom stereocenters. The summed E-state index contributed by atoms with van der Waals surface area (Å²) < 4.78 is 32.1. The van der Waals surface area contributed by atoms with E-state index in [9.17, 15) is 13.2 Å². The number of hydrogen-bond acceptors (Lipinski definition) is 5. The lowest BCUT2D eigenvalue weighted by atomic mass is 10.2. The molecule has 0 aliphatic carbocycles. The number of sulfonamides is 1. The predicted octanol–water partition coefficient (Wildman–Crippen LogP) is 2.56. The van der Waals surface area contributed by atoms with Crippen LogP contribution in [-0.2, 0) is 10.0 Å². The SMILES string of the molecule is COc1ccc(C(=O)O)c(NS(=O)(=O)c2sccc2C)c1. The molecule has 1 aromatic heterocycles. The number of carboxylic acid groups (broad SMARTS) is 1. The first-order valence-electron chi connectivity index (χ1n) is 5.83. The Morgan fingerprint density at radius 2 is 2.05 bits per heavy atom. The highest BCUT2D eigenvalue weighted by Gasteiger charge is 2.21. The fraction of sp³-hybridized carbons (Fsp3) is 0.154. The van der Waals surface area contributed by atoms with Crippen LogP contribution in [0.25, 0.3) is 0 Å². The van der Waals surface area contributed by atoms with Gasteiger partial charge < -0.3 is 9.84 Å². The third-order valence-corrected chi connectivity index (χ3v) is 5.81. The number of methoxy groups -OCH3 is 1. The summed E-state index contributed by atoms with van der Waals surface area (Å²) in [6.45, 7) is 1.68. The first kappa shape index (κ1) is 15.3. The van der Waals surface area contributed by atoms with Crippen molar-refractivity contribution in [3.05, 3.63) is 40.8 Å². The first-order chi connectivity index (χ1) is 9.85. The molecule has 0 amide bonds. The molecule has 0 aliphatic heterocycles. The van der Waals surface area contributed by atoms with Crippen LogP contribution in [0.3, 0.4) is 0 Å². The van der Waals surface area contributed by atoms with Gasteiger partial charge in [0, 0.05) is 6.07 Å². The molecule has 6 nitrogen and oxygen atoms in total. The number of nitrogens with one attached hydrogen (secondary N) is 1. The molecule has 0 aliphatic rings. The van der Waals surface area contributed by atoms with Crippen LogP contribution in [0.15, 0.2) is 33.9 Å². The van der Waals surface area contributed by atoms with Crippen LogP contribution in [0, 0.1) is 6.92 Å². The van der Waals surface area contributed by atoms with E-state index in [2.05, 4.69) is 4.72 Å². The van der Waals surface area contributed by atoms with Gasteiger partial charge in [-0.05, 0) is 36.1 Å². The molecule has 2 aromatic rings. The first-order valence-corrected chi connectivity index (χ1v) is 8.19. The maximum Gasteiger partial charge on any atom is 0.337 e. The van der Waals surface area contributed by atoms with Crippen LogP contribution in [0.2, 0.25) is 0 Å². The molecule has 0 radical (unpaired) electrons. The van der Waals surface area contributed by atoms with Crippen molar-refractivity contribution in [2.24, 2.45) is 0 Å². The van der Waals surface area contributed by atoms with Crippen molar-refractivity contribution in [2.75, 3.05) is 11.8 Å². The number of ether oxygens (including phenoxy) is 1. The molecule has 112 valence electrons. The van der Waals surface area contributed by atoms with E-state index >= 15 is 0 Å². The predicted molar refractivity (Wildman–Crippen MR) is 79.8 cm³/mol. The normalized spacial score (nSPS) is 11.1. The molecule has 0 saturated carbocycles. The molecule has 2 N–H and O–H groups in total. The van der Waals surface area contributed by atoms with E-state index in [4.69, 9.17) is 9.84 Å². The topological polar surface area (TPSA) is 92.7 Å². The number of hydrogen-bond donors (Lipinski definition) is 2. The minimum atomic E-state index is -3.83. The Kier molecular flexibility index (Phi) is 4.19. The Hall–Kier alpha value is -2.06. The number of thiophene rings is 1. The van der Waals surface area contributed by atoms with Crippen molar-refractivity contribution in [2.45, 2.75) is 11.1 Å². The summed E-state index contributed by atoms with van der Waals surface area (Å²) in [6, 6.07) is 5.77. The fourth-order valence-electron chi connectivity index (χ4n) is 1.75. The Bertz CT molecular complexity index is 780. The van der Waals surface area contributed by atoms with Gasteiger partial charge in [-0.15, -0.1) is 11.3 Å². The second kappa shape index (κ2) is 5.74. The average molecular weight is 327 g/mol. The van der Waals surface area contributed by atoms with E-state index in [1.165, 1.54) is 25.3 Å². The Labute approximate surface area is 126 Å². The summed E-state index contributed by atoms with van der Waals surface area (Å²) in [5, 5.41) is 10.8. The second-order valence-corrected chi connectivity index (χ2v) is 7.01. The largest absolute Gasteiger partial charge is 0.497 e. The molecular weight excluding hydrogens is 314 g/mol. The molecule has 1 heterocycles. The molecule has 0 fully saturated rings. The minimum Gasteiger partial charge on any atom is -0.497 e. The molecule has 1 aromatic carbocycles. The number of carbonyl (C=O) groups is 1. The number of rotatable bonds is 5. The number of benzene rings is 1. The van der Waals surface area contributed by atoms with E-state index in [1.54, 1.807) is 18.4 Å². The van der Waals surface area contributed by atoms with Crippen molar-refractivity contribution in [3.63, 3.8) is 0 Å². The van der Waals surface area contributed by atoms with Crippen molar-refractivity contribution >= 4 is 33.0 Å². The summed E-state index contributed by atoms with van der Waals surface area (Å²) in [5.41, 5.74) is 0.426. The Balaban J connectivity index is 2.47. The van der Waals surface area contributed by atoms with Crippen molar-refractivity contribution in [1.82, 2.24) is 0 Å². The average Bonchev–Trinajstić information content (AvgIpc) is 2.85. The van der Waals surface area contributed by atoms with Crippen LogP contribution >= 0.6 is 11.3 Å². The van der Waals surface area contributed by atoms with Crippen LogP contribution < -0.4 is 9.46 Å². The van der Waals surface area contributed by atoms with Crippen molar-refractivity contribution < 1.29 is 23.1 Å². The molecule has 0 atom stereocenters. The summed E-state index contributed by atoms with van der Waals surface area (Å²) >= 11 is 1.07. The summed E-state index contributed by atoms with van der Waals surface area (Å²) in [4.78, 5) is 11.2. The highest BCUT2D eigenvalue weighted by Crippen LogP contribution is 2.28. The Morgan fingerprint density at radius 3 is 2.57 bits per heavy atom. The fourth-order valence-corrected chi connectivity index (χ4v) is 4.24. The van der Waals surface area contributed by atoms with Gasteiger partial charge in [-0.2, -0.15) is 0 Å². The highest BCUT2D eigenvalue weighted by molar-refractivity contribution is 7.94. The highest BCUT2D eigenvalue weighted by atomic mass is 32.2. The summed E-state index contributed by atoms with van der Waals surface area (Å²) in [7, 11) is -2.42. The van der Waals surface area contributed by atoms with Gasteiger partial charge in [-0.1, -0.05) is 0 Å². The van der Waals surface area contributed by atoms with E-state index in [-0.39, 0.29) is 15.5 Å². The standard InChI is InChI=1S/C13H13NO5S2/c1-8-5-6-20-13(8)21(17,18)14-11-7-9(19-2)3-4-10(11)12(15)16/h3-7,14H,1-2H3,(H,15,16). The van der Waals surface area contributed by atoms with E-state index < -0.39 is 16.0 Å². The maximum atomic E-state index is 12.3. The van der Waals surface area contributed by atoms with Crippen LogP contribution in [0.1, 0.15) is 15.9 Å². The zero-order valence-corrected chi connectivity index (χ0v) is 12.9. The molecular formula is C13H13NO5S2. The molecule has 2 rings (SSSR count). The lowest BCUT2D eigenvalue weighted by molar-refractivity contribution is 0.0698. The smallest absolute Gasteiger partial charge is 0.337 e. The van der Waals surface area contributed by atoms with Gasteiger partial charge in [0.15, 0.2) is 0 Å². The second-order valence-electron chi connectivity index (χ2n) is 4.21. The maximum absolute atomic E-state index is 12.3. The zero-order valence-electron chi connectivity index (χ0n) is 11.3. The van der Waals surface area contributed by atoms with Gasteiger partial charge in [0.05, 0.1) is 18.4 Å². The molecule has 21 heavy (non-hydrogen) atoms. The van der Waals surface area contributed by atoms with Gasteiger partial charge in [0.25, 0.3) is 10.0 Å². The van der Waals surface area contributed by atoms with Crippen LogP contribution in [0.4, 0.5) is 5.69 Å². The molecule has 8 heteroatoms. The zero-order chi connectivity index (χ0) is 15.6. The van der Waals surface area contributed by atoms with E-state index in [1.807, 2.05) is 0 Å². The number of aromatic carboxylic acids is 1. The van der Waals surface area contributed by atoms with Gasteiger partial charge in [-0.3, -0.25) is 4.72 Å². The van der Waals surface area contributed by atoms with E-state index in [0.29, 0.717) is 11.3 Å². The molecule has 0 saturated heterocycles. The quantitative estimate of drug-likeness (QED) is 0.880. The number of aryl methyl sites for hydroxylation is 1. The third kappa shape index (κ3) is 3.17. The van der Waals surface area contributed by atoms with Crippen LogP contribution in [-0.4, -0.2) is 26.6 Å². The van der Waals surface area contributed by atoms with E-state index in [0.717, 1.165) is 11.3 Å². The molecule has 0 spiro atoms. The lowest BCUT2D eigenvalue weighted by Gasteiger charge is -2.11. The van der Waals surface area contributed by atoms with Crippen molar-refractivity contribution in [1.29, 1.82) is 0 Å². The third-order valence-electron chi connectivity index (χ3n) is 2.76. The van der Waals surface area contributed by atoms with Gasteiger partial charge in [-0.25, -0.2) is 13.2 Å². The monoisotopic (exact) mass is 327 g/mol. The van der Waals surface area contributed by atoms with Crippen LogP contribution in [0.5, 0.6) is 5.75 Å². The minimum absolute atomic E-state index is 0.0327. The Morgan fingerprint density at radius 1 is 1.33 bits per heavy atom. The van der Waals surface area contributed by atoms with Crippen molar-refractivity contribution in [3.8, 4) is 5.75 Å². The summed E-state index contributed by atoms with van der Waals surface area (Å²) in [5.74, 6) is -0.862. The lowest BCUT2D eigenvalue weighted by Crippen LogP contribution is -2.15.